The fourth-order valence-corrected chi connectivity index (χ4v) is 3.24. The number of nitrogens with zero attached hydrogens (tertiary/aromatic N) is 1. The summed E-state index contributed by atoms with van der Waals surface area (Å²) in [5, 5.41) is 0.754. The van der Waals surface area contributed by atoms with E-state index >= 15 is 0 Å². The fraction of sp³-hybridized carbons (Fsp3) is 0.188. The average Bonchev–Trinajstić information content (AvgIpc) is 2.81. The zero-order chi connectivity index (χ0) is 14.7. The van der Waals surface area contributed by atoms with Gasteiger partial charge in [-0.15, -0.1) is 11.8 Å². The van der Waals surface area contributed by atoms with Crippen LogP contribution >= 0.6 is 23.4 Å². The minimum absolute atomic E-state index is 0.0345. The smallest absolute Gasteiger partial charge is 0.306 e. The van der Waals surface area contributed by atoms with Gasteiger partial charge in [0.15, 0.2) is 0 Å². The molecule has 3 nitrogen and oxygen atoms in total. The minimum Gasteiger partial charge on any atom is -0.306 e. The molecule has 0 aliphatic heterocycles. The quantitative estimate of drug-likeness (QED) is 0.566. The molecule has 2 aromatic carbocycles. The molecule has 0 unspecified atom stereocenters. The van der Waals surface area contributed by atoms with Crippen molar-refractivity contribution in [2.45, 2.75) is 17.9 Å². The summed E-state index contributed by atoms with van der Waals surface area (Å²) < 4.78 is 1.80. The first-order chi connectivity index (χ1) is 10.2. The summed E-state index contributed by atoms with van der Waals surface area (Å²) in [6, 6.07) is 15.6. The molecule has 1 aromatic heterocycles. The number of halogens is 1. The highest BCUT2D eigenvalue weighted by Crippen LogP contribution is 2.21. The molecule has 0 bridgehead atoms. The van der Waals surface area contributed by atoms with Gasteiger partial charge < -0.3 is 4.98 Å². The minimum atomic E-state index is -0.0345. The summed E-state index contributed by atoms with van der Waals surface area (Å²) in [5.41, 5.74) is 1.83. The van der Waals surface area contributed by atoms with Crippen LogP contribution in [-0.2, 0) is 6.54 Å². The second kappa shape index (κ2) is 6.41. The second-order valence-corrected chi connectivity index (χ2v) is 6.36. The van der Waals surface area contributed by atoms with Gasteiger partial charge in [0.25, 0.3) is 0 Å². The highest BCUT2D eigenvalue weighted by Gasteiger charge is 2.05. The van der Waals surface area contributed by atoms with Crippen LogP contribution in [0.25, 0.3) is 11.0 Å². The van der Waals surface area contributed by atoms with Crippen molar-refractivity contribution in [2.75, 3.05) is 5.75 Å². The Kier molecular flexibility index (Phi) is 4.36. The third-order valence-electron chi connectivity index (χ3n) is 3.29. The molecule has 0 aliphatic carbocycles. The number of thioether (sulfide) groups is 1. The Morgan fingerprint density at radius 3 is 2.67 bits per heavy atom. The van der Waals surface area contributed by atoms with E-state index in [9.17, 15) is 4.79 Å². The van der Waals surface area contributed by atoms with Crippen molar-refractivity contribution < 1.29 is 0 Å². The van der Waals surface area contributed by atoms with Gasteiger partial charge in [0.1, 0.15) is 0 Å². The van der Waals surface area contributed by atoms with Gasteiger partial charge in [-0.25, -0.2) is 4.79 Å². The lowest BCUT2D eigenvalue weighted by molar-refractivity contribution is 0.679. The summed E-state index contributed by atoms with van der Waals surface area (Å²) in [7, 11) is 0. The van der Waals surface area contributed by atoms with Gasteiger partial charge in [-0.05, 0) is 48.6 Å². The molecule has 5 heteroatoms. The topological polar surface area (TPSA) is 37.8 Å². The number of hydrogen-bond acceptors (Lipinski definition) is 2. The molecule has 1 N–H and O–H groups in total. The van der Waals surface area contributed by atoms with Crippen molar-refractivity contribution >= 4 is 34.4 Å². The molecule has 21 heavy (non-hydrogen) atoms. The Labute approximate surface area is 131 Å². The summed E-state index contributed by atoms with van der Waals surface area (Å²) in [6.45, 7) is 0.726. The van der Waals surface area contributed by atoms with Crippen LogP contribution in [0.5, 0.6) is 0 Å². The molecule has 0 amide bonds. The highest BCUT2D eigenvalue weighted by molar-refractivity contribution is 7.99. The number of aryl methyl sites for hydroxylation is 1. The van der Waals surface area contributed by atoms with E-state index in [1.54, 1.807) is 16.3 Å². The standard InChI is InChI=1S/C16H15ClN2OS/c17-12-6-8-13(9-7-12)21-11-3-10-19-15-5-2-1-4-14(15)18-16(19)20/h1-2,4-9H,3,10-11H2,(H,18,20). The number of H-pyrrole nitrogens is 1. The molecule has 0 saturated heterocycles. The third-order valence-corrected chi connectivity index (χ3v) is 4.64. The molecule has 0 spiro atoms. The van der Waals surface area contributed by atoms with Crippen LogP contribution in [-0.4, -0.2) is 15.3 Å². The fourth-order valence-electron chi connectivity index (χ4n) is 2.27. The number of rotatable bonds is 5. The maximum absolute atomic E-state index is 11.9. The molecule has 1 heterocycles. The lowest BCUT2D eigenvalue weighted by atomic mass is 10.3. The van der Waals surface area contributed by atoms with Gasteiger partial charge in [-0.1, -0.05) is 23.7 Å². The molecule has 0 aliphatic rings. The van der Waals surface area contributed by atoms with Gasteiger partial charge >= 0.3 is 5.69 Å². The predicted octanol–water partition coefficient (Wildman–Crippen LogP) is 4.17. The van der Waals surface area contributed by atoms with E-state index in [2.05, 4.69) is 4.98 Å². The van der Waals surface area contributed by atoms with Crippen molar-refractivity contribution in [3.63, 3.8) is 0 Å². The van der Waals surface area contributed by atoms with E-state index in [1.807, 2.05) is 48.5 Å². The van der Waals surface area contributed by atoms with E-state index in [0.717, 1.165) is 34.8 Å². The summed E-state index contributed by atoms with van der Waals surface area (Å²) in [4.78, 5) is 16.0. The van der Waals surface area contributed by atoms with Crippen LogP contribution in [0.1, 0.15) is 6.42 Å². The van der Waals surface area contributed by atoms with E-state index in [-0.39, 0.29) is 5.69 Å². The Balaban J connectivity index is 1.61. The van der Waals surface area contributed by atoms with Crippen molar-refractivity contribution in [1.82, 2.24) is 9.55 Å². The Bertz CT molecular complexity index is 792. The summed E-state index contributed by atoms with van der Waals surface area (Å²) in [6.07, 6.45) is 0.940. The lowest BCUT2D eigenvalue weighted by Gasteiger charge is -2.04. The molecule has 0 radical (unpaired) electrons. The molecular weight excluding hydrogens is 304 g/mol. The van der Waals surface area contributed by atoms with Gasteiger partial charge in [0.05, 0.1) is 11.0 Å². The zero-order valence-corrected chi connectivity index (χ0v) is 13.0. The van der Waals surface area contributed by atoms with Gasteiger partial charge in [-0.2, -0.15) is 0 Å². The van der Waals surface area contributed by atoms with Gasteiger partial charge in [0.2, 0.25) is 0 Å². The van der Waals surface area contributed by atoms with Crippen LogP contribution in [0.3, 0.4) is 0 Å². The van der Waals surface area contributed by atoms with Crippen LogP contribution in [0.15, 0.2) is 58.2 Å². The van der Waals surface area contributed by atoms with Crippen molar-refractivity contribution in [2.24, 2.45) is 0 Å². The van der Waals surface area contributed by atoms with Crippen LogP contribution in [0.4, 0.5) is 0 Å². The Morgan fingerprint density at radius 2 is 1.86 bits per heavy atom. The van der Waals surface area contributed by atoms with E-state index in [4.69, 9.17) is 11.6 Å². The molecule has 0 saturated carbocycles. The number of hydrogen-bond donors (Lipinski definition) is 1. The molecular formula is C16H15ClN2OS. The number of benzene rings is 2. The van der Waals surface area contributed by atoms with Crippen molar-refractivity contribution in [1.29, 1.82) is 0 Å². The third kappa shape index (κ3) is 3.34. The lowest BCUT2D eigenvalue weighted by Crippen LogP contribution is -2.17. The van der Waals surface area contributed by atoms with Crippen molar-refractivity contribution in [3.8, 4) is 0 Å². The number of para-hydroxylation sites is 2. The molecule has 108 valence electrons. The predicted molar refractivity (Wildman–Crippen MR) is 89.4 cm³/mol. The number of aromatic nitrogens is 2. The highest BCUT2D eigenvalue weighted by atomic mass is 35.5. The summed E-state index contributed by atoms with van der Waals surface area (Å²) >= 11 is 7.64. The average molecular weight is 319 g/mol. The van der Waals surface area contributed by atoms with Gasteiger partial charge in [-0.3, -0.25) is 4.57 Å². The first-order valence-corrected chi connectivity index (χ1v) is 8.16. The maximum Gasteiger partial charge on any atom is 0.326 e. The monoisotopic (exact) mass is 318 g/mol. The normalized spacial score (nSPS) is 11.1. The van der Waals surface area contributed by atoms with Crippen LogP contribution < -0.4 is 5.69 Å². The first-order valence-electron chi connectivity index (χ1n) is 6.80. The SMILES string of the molecule is O=c1[nH]c2ccccc2n1CCCSc1ccc(Cl)cc1. The molecule has 0 atom stereocenters. The first kappa shape index (κ1) is 14.3. The largest absolute Gasteiger partial charge is 0.326 e. The van der Waals surface area contributed by atoms with Crippen LogP contribution in [0, 0.1) is 0 Å². The van der Waals surface area contributed by atoms with Gasteiger partial charge in [0, 0.05) is 16.5 Å². The Morgan fingerprint density at radius 1 is 1.10 bits per heavy atom. The number of imidazole rings is 1. The van der Waals surface area contributed by atoms with E-state index in [0.29, 0.717) is 0 Å². The van der Waals surface area contributed by atoms with Crippen LogP contribution in [0.2, 0.25) is 5.02 Å². The molecule has 3 rings (SSSR count). The molecule has 0 fully saturated rings. The number of aromatic amines is 1. The number of nitrogens with one attached hydrogen (secondary N) is 1. The summed E-state index contributed by atoms with van der Waals surface area (Å²) in [5.74, 6) is 0.966. The maximum atomic E-state index is 11.9. The zero-order valence-electron chi connectivity index (χ0n) is 11.4. The molecule has 3 aromatic rings. The Hall–Kier alpha value is -1.65. The van der Waals surface area contributed by atoms with E-state index in [1.165, 1.54) is 4.90 Å². The number of fused-ring (bicyclic) bond motifs is 1. The second-order valence-electron chi connectivity index (χ2n) is 4.75. The van der Waals surface area contributed by atoms with E-state index < -0.39 is 0 Å². The van der Waals surface area contributed by atoms with Crippen molar-refractivity contribution in [3.05, 3.63) is 64.0 Å².